The summed E-state index contributed by atoms with van der Waals surface area (Å²) in [6.45, 7) is 1.95. The zero-order chi connectivity index (χ0) is 17.6. The number of amides is 2. The Bertz CT molecular complexity index is 734. The summed E-state index contributed by atoms with van der Waals surface area (Å²) in [5, 5.41) is 9.77. The van der Waals surface area contributed by atoms with Gasteiger partial charge in [-0.3, -0.25) is 14.7 Å². The van der Waals surface area contributed by atoms with Gasteiger partial charge < -0.3 is 16.0 Å². The van der Waals surface area contributed by atoms with Gasteiger partial charge in [-0.2, -0.15) is 5.10 Å². The van der Waals surface area contributed by atoms with E-state index in [9.17, 15) is 9.59 Å². The molecule has 8 heteroatoms. The Balaban J connectivity index is 0.00000243. The van der Waals surface area contributed by atoms with Crippen LogP contribution in [-0.4, -0.2) is 53.1 Å². The van der Waals surface area contributed by atoms with Crippen molar-refractivity contribution in [1.29, 1.82) is 0 Å². The highest BCUT2D eigenvalue weighted by Gasteiger charge is 2.30. The molecule has 0 saturated carbocycles. The molecule has 1 aliphatic heterocycles. The van der Waals surface area contributed by atoms with E-state index in [2.05, 4.69) is 15.5 Å². The van der Waals surface area contributed by atoms with Crippen molar-refractivity contribution in [1.82, 2.24) is 20.4 Å². The van der Waals surface area contributed by atoms with E-state index in [0.29, 0.717) is 37.4 Å². The quantitative estimate of drug-likeness (QED) is 0.733. The summed E-state index contributed by atoms with van der Waals surface area (Å²) in [5.41, 5.74) is 7.59. The van der Waals surface area contributed by atoms with E-state index in [1.807, 2.05) is 30.3 Å². The molecule has 2 aromatic rings. The van der Waals surface area contributed by atoms with E-state index >= 15 is 0 Å². The molecular formula is C18H24ClN5O2. The summed E-state index contributed by atoms with van der Waals surface area (Å²) in [7, 11) is 0. The van der Waals surface area contributed by atoms with Crippen LogP contribution in [0.15, 0.2) is 36.5 Å². The molecule has 1 saturated heterocycles. The fourth-order valence-electron chi connectivity index (χ4n) is 3.16. The van der Waals surface area contributed by atoms with Gasteiger partial charge in [0.05, 0.1) is 23.4 Å². The highest BCUT2D eigenvalue weighted by atomic mass is 35.5. The number of rotatable bonds is 5. The standard InChI is InChI=1S/C18H23N5O2.ClH/c19-8-9-20-17(24)14-7-4-10-23(12-14)18(25)15-11-21-22-16(15)13-5-2-1-3-6-13;/h1-3,5-6,11,14H,4,7-10,12,19H2,(H,20,24)(H,21,22);1H. The zero-order valence-electron chi connectivity index (χ0n) is 14.5. The number of hydrogen-bond donors (Lipinski definition) is 3. The number of likely N-dealkylation sites (tertiary alicyclic amines) is 1. The van der Waals surface area contributed by atoms with E-state index in [1.54, 1.807) is 11.1 Å². The number of hydrogen-bond acceptors (Lipinski definition) is 4. The van der Waals surface area contributed by atoms with E-state index in [-0.39, 0.29) is 30.1 Å². The van der Waals surface area contributed by atoms with E-state index in [4.69, 9.17) is 5.73 Å². The van der Waals surface area contributed by atoms with Crippen molar-refractivity contribution < 1.29 is 9.59 Å². The Morgan fingerprint density at radius 1 is 1.31 bits per heavy atom. The SMILES string of the molecule is Cl.NCCNC(=O)C1CCCN(C(=O)c2cn[nH]c2-c2ccccc2)C1. The summed E-state index contributed by atoms with van der Waals surface area (Å²) in [5.74, 6) is -0.307. The molecule has 2 amide bonds. The monoisotopic (exact) mass is 377 g/mol. The molecule has 2 heterocycles. The Morgan fingerprint density at radius 3 is 2.81 bits per heavy atom. The third kappa shape index (κ3) is 4.42. The van der Waals surface area contributed by atoms with Gasteiger partial charge in [-0.05, 0) is 12.8 Å². The molecule has 7 nitrogen and oxygen atoms in total. The Hall–Kier alpha value is -2.38. The van der Waals surface area contributed by atoms with Gasteiger partial charge in [0.1, 0.15) is 0 Å². The van der Waals surface area contributed by atoms with Gasteiger partial charge >= 0.3 is 0 Å². The summed E-state index contributed by atoms with van der Waals surface area (Å²) >= 11 is 0. The maximum Gasteiger partial charge on any atom is 0.257 e. The second kappa shape index (κ2) is 9.35. The normalized spacial score (nSPS) is 16.7. The summed E-state index contributed by atoms with van der Waals surface area (Å²) in [4.78, 5) is 26.9. The molecule has 1 unspecified atom stereocenters. The van der Waals surface area contributed by atoms with Crippen LogP contribution in [0.25, 0.3) is 11.3 Å². The molecule has 3 rings (SSSR count). The number of aromatic nitrogens is 2. The highest BCUT2D eigenvalue weighted by molar-refractivity contribution is 6.00. The number of piperidine rings is 1. The maximum absolute atomic E-state index is 13.0. The topological polar surface area (TPSA) is 104 Å². The minimum Gasteiger partial charge on any atom is -0.355 e. The van der Waals surface area contributed by atoms with Gasteiger partial charge in [-0.15, -0.1) is 12.4 Å². The lowest BCUT2D eigenvalue weighted by Gasteiger charge is -2.32. The number of halogens is 1. The van der Waals surface area contributed by atoms with E-state index in [1.165, 1.54) is 0 Å². The number of nitrogens with zero attached hydrogens (tertiary/aromatic N) is 2. The fraction of sp³-hybridized carbons (Fsp3) is 0.389. The van der Waals surface area contributed by atoms with Crippen molar-refractivity contribution in [2.75, 3.05) is 26.2 Å². The van der Waals surface area contributed by atoms with E-state index < -0.39 is 0 Å². The highest BCUT2D eigenvalue weighted by Crippen LogP contribution is 2.24. The number of H-pyrrole nitrogens is 1. The van der Waals surface area contributed by atoms with Crippen LogP contribution in [0.2, 0.25) is 0 Å². The molecule has 1 aromatic heterocycles. The lowest BCUT2D eigenvalue weighted by molar-refractivity contribution is -0.126. The molecule has 140 valence electrons. The van der Waals surface area contributed by atoms with Gasteiger partial charge in [0.2, 0.25) is 5.91 Å². The third-order valence-electron chi connectivity index (χ3n) is 4.46. The van der Waals surface area contributed by atoms with Gasteiger partial charge in [-0.25, -0.2) is 0 Å². The van der Waals surface area contributed by atoms with Gasteiger partial charge in [0.15, 0.2) is 0 Å². The molecule has 1 aliphatic rings. The number of aromatic amines is 1. The molecule has 1 fully saturated rings. The van der Waals surface area contributed by atoms with Crippen molar-refractivity contribution in [2.24, 2.45) is 11.7 Å². The second-order valence-electron chi connectivity index (χ2n) is 6.19. The van der Waals surface area contributed by atoms with Crippen LogP contribution in [0.5, 0.6) is 0 Å². The minimum atomic E-state index is -0.184. The first-order valence-corrected chi connectivity index (χ1v) is 8.56. The third-order valence-corrected chi connectivity index (χ3v) is 4.46. The van der Waals surface area contributed by atoms with Crippen LogP contribution < -0.4 is 11.1 Å². The second-order valence-corrected chi connectivity index (χ2v) is 6.19. The molecule has 26 heavy (non-hydrogen) atoms. The summed E-state index contributed by atoms with van der Waals surface area (Å²) < 4.78 is 0. The molecule has 1 aromatic carbocycles. The van der Waals surface area contributed by atoms with Crippen molar-refractivity contribution in [2.45, 2.75) is 12.8 Å². The molecule has 0 radical (unpaired) electrons. The van der Waals surface area contributed by atoms with Gasteiger partial charge in [0.25, 0.3) is 5.91 Å². The molecule has 0 aliphatic carbocycles. The number of carbonyl (C=O) groups excluding carboxylic acids is 2. The first-order chi connectivity index (χ1) is 12.2. The summed E-state index contributed by atoms with van der Waals surface area (Å²) in [6, 6.07) is 9.63. The van der Waals surface area contributed by atoms with Crippen LogP contribution in [0, 0.1) is 5.92 Å². The Morgan fingerprint density at radius 2 is 2.08 bits per heavy atom. The van der Waals surface area contributed by atoms with Crippen molar-refractivity contribution in [3.63, 3.8) is 0 Å². The van der Waals surface area contributed by atoms with Crippen molar-refractivity contribution in [3.05, 3.63) is 42.1 Å². The molecule has 0 spiro atoms. The number of carbonyl (C=O) groups is 2. The molecular weight excluding hydrogens is 354 g/mol. The molecule has 0 bridgehead atoms. The number of nitrogens with one attached hydrogen (secondary N) is 2. The maximum atomic E-state index is 13.0. The lowest BCUT2D eigenvalue weighted by atomic mass is 9.96. The first-order valence-electron chi connectivity index (χ1n) is 8.56. The van der Waals surface area contributed by atoms with Crippen molar-refractivity contribution in [3.8, 4) is 11.3 Å². The van der Waals surface area contributed by atoms with Crippen LogP contribution in [-0.2, 0) is 4.79 Å². The van der Waals surface area contributed by atoms with Crippen molar-refractivity contribution >= 4 is 24.2 Å². The lowest BCUT2D eigenvalue weighted by Crippen LogP contribution is -2.46. The van der Waals surface area contributed by atoms with Crippen LogP contribution in [0.4, 0.5) is 0 Å². The number of nitrogens with two attached hydrogens (primary N) is 1. The average Bonchev–Trinajstić information content (AvgIpc) is 3.16. The molecule has 1 atom stereocenters. The van der Waals surface area contributed by atoms with Gasteiger partial charge in [0, 0.05) is 31.7 Å². The first kappa shape index (κ1) is 19.9. The largest absolute Gasteiger partial charge is 0.355 e. The predicted octanol–water partition coefficient (Wildman–Crippen LogP) is 1.43. The smallest absolute Gasteiger partial charge is 0.257 e. The minimum absolute atomic E-state index is 0. The Labute approximate surface area is 158 Å². The number of benzene rings is 1. The van der Waals surface area contributed by atoms with Gasteiger partial charge in [-0.1, -0.05) is 30.3 Å². The average molecular weight is 378 g/mol. The van der Waals surface area contributed by atoms with Crippen LogP contribution in [0.3, 0.4) is 0 Å². The van der Waals surface area contributed by atoms with Crippen LogP contribution in [0.1, 0.15) is 23.2 Å². The fourth-order valence-corrected chi connectivity index (χ4v) is 3.16. The zero-order valence-corrected chi connectivity index (χ0v) is 15.3. The summed E-state index contributed by atoms with van der Waals surface area (Å²) in [6.07, 6.45) is 3.16. The van der Waals surface area contributed by atoms with E-state index in [0.717, 1.165) is 18.4 Å². The predicted molar refractivity (Wildman–Crippen MR) is 102 cm³/mol. The molecule has 4 N–H and O–H groups in total. The van der Waals surface area contributed by atoms with Crippen LogP contribution >= 0.6 is 12.4 Å². The Kier molecular flexibility index (Phi) is 7.17.